The normalized spacial score (nSPS) is 19.2. The molecule has 0 unspecified atom stereocenters. The summed E-state index contributed by atoms with van der Waals surface area (Å²) >= 11 is 1.61. The number of hydrogen-bond donors (Lipinski definition) is 1. The Labute approximate surface area is 112 Å². The van der Waals surface area contributed by atoms with Gasteiger partial charge in [-0.1, -0.05) is 31.4 Å². The second-order valence-electron chi connectivity index (χ2n) is 5.52. The molecule has 2 N–H and O–H groups in total. The first kappa shape index (κ1) is 12.1. The molecule has 18 heavy (non-hydrogen) atoms. The van der Waals surface area contributed by atoms with E-state index in [1.807, 2.05) is 0 Å². The summed E-state index contributed by atoms with van der Waals surface area (Å²) in [5.41, 5.74) is 8.91. The zero-order chi connectivity index (χ0) is 12.6. The molecule has 96 valence electrons. The lowest BCUT2D eigenvalue weighted by Crippen LogP contribution is -2.37. The van der Waals surface area contributed by atoms with Gasteiger partial charge in [0.05, 0.1) is 10.4 Å². The van der Waals surface area contributed by atoms with E-state index >= 15 is 0 Å². The van der Waals surface area contributed by atoms with Crippen molar-refractivity contribution in [2.24, 2.45) is 5.73 Å². The van der Waals surface area contributed by atoms with Gasteiger partial charge in [-0.15, -0.1) is 0 Å². The molecule has 1 aromatic carbocycles. The lowest BCUT2D eigenvalue weighted by atomic mass is 9.69. The third kappa shape index (κ3) is 1.86. The van der Waals surface area contributed by atoms with Crippen LogP contribution in [0.1, 0.15) is 43.4 Å². The number of aryl methyl sites for hydroxylation is 1. The molecule has 0 aliphatic heterocycles. The summed E-state index contributed by atoms with van der Waals surface area (Å²) in [6.07, 6.45) is 6.48. The average Bonchev–Trinajstić information content (AvgIpc) is 2.81. The number of rotatable bonds is 2. The third-order valence-electron chi connectivity index (χ3n) is 4.47. The van der Waals surface area contributed by atoms with Gasteiger partial charge in [-0.05, 0) is 42.9 Å². The Balaban J connectivity index is 2.06. The van der Waals surface area contributed by atoms with Crippen molar-refractivity contribution < 1.29 is 0 Å². The van der Waals surface area contributed by atoms with Gasteiger partial charge in [0, 0.05) is 17.3 Å². The summed E-state index contributed by atoms with van der Waals surface area (Å²) < 4.78 is 5.75. The van der Waals surface area contributed by atoms with Gasteiger partial charge < -0.3 is 5.73 Å². The van der Waals surface area contributed by atoms with Gasteiger partial charge in [0.25, 0.3) is 0 Å². The lowest BCUT2D eigenvalue weighted by molar-refractivity contribution is 0.301. The molecule has 0 spiro atoms. The number of fused-ring (bicyclic) bond motifs is 1. The van der Waals surface area contributed by atoms with E-state index in [0.29, 0.717) is 0 Å². The maximum Gasteiger partial charge on any atom is 0.0589 e. The standard InChI is InChI=1S/C15H20N2S/c1-11-13-6-5-12(9-14(13)18-17-11)15(10-16)7-3-2-4-8-15/h5-6,9H,2-4,7-8,10,16H2,1H3. The maximum atomic E-state index is 6.11. The minimum Gasteiger partial charge on any atom is -0.330 e. The fourth-order valence-corrected chi connectivity index (χ4v) is 4.06. The Morgan fingerprint density at radius 3 is 2.78 bits per heavy atom. The average molecular weight is 260 g/mol. The lowest BCUT2D eigenvalue weighted by Gasteiger charge is -2.36. The molecule has 0 atom stereocenters. The van der Waals surface area contributed by atoms with Gasteiger partial charge in [-0.2, -0.15) is 4.37 Å². The molecule has 1 saturated carbocycles. The van der Waals surface area contributed by atoms with Crippen LogP contribution in [0, 0.1) is 6.92 Å². The van der Waals surface area contributed by atoms with E-state index in [-0.39, 0.29) is 5.41 Å². The highest BCUT2D eigenvalue weighted by Crippen LogP contribution is 2.40. The smallest absolute Gasteiger partial charge is 0.0589 e. The largest absolute Gasteiger partial charge is 0.330 e. The van der Waals surface area contributed by atoms with Crippen molar-refractivity contribution in [3.8, 4) is 0 Å². The number of hydrogen-bond acceptors (Lipinski definition) is 3. The van der Waals surface area contributed by atoms with Crippen LogP contribution >= 0.6 is 11.5 Å². The summed E-state index contributed by atoms with van der Waals surface area (Å²) in [6.45, 7) is 2.86. The van der Waals surface area contributed by atoms with Crippen LogP contribution in [0.4, 0.5) is 0 Å². The summed E-state index contributed by atoms with van der Waals surface area (Å²) in [6, 6.07) is 6.84. The van der Waals surface area contributed by atoms with Gasteiger partial charge in [0.15, 0.2) is 0 Å². The first-order valence-corrected chi connectivity index (χ1v) is 7.59. The molecule has 1 heterocycles. The molecule has 2 aromatic rings. The fraction of sp³-hybridized carbons (Fsp3) is 0.533. The predicted molar refractivity (Wildman–Crippen MR) is 78.2 cm³/mol. The highest BCUT2D eigenvalue weighted by atomic mass is 32.1. The Morgan fingerprint density at radius 2 is 2.06 bits per heavy atom. The molecule has 1 aliphatic rings. The van der Waals surface area contributed by atoms with Crippen LogP contribution in [-0.4, -0.2) is 10.9 Å². The van der Waals surface area contributed by atoms with Crippen LogP contribution in [0.25, 0.3) is 10.1 Å². The van der Waals surface area contributed by atoms with E-state index in [9.17, 15) is 0 Å². The molecular weight excluding hydrogens is 240 g/mol. The van der Waals surface area contributed by atoms with E-state index < -0.39 is 0 Å². The molecule has 0 radical (unpaired) electrons. The maximum absolute atomic E-state index is 6.11. The number of benzene rings is 1. The second-order valence-corrected chi connectivity index (χ2v) is 6.33. The van der Waals surface area contributed by atoms with Crippen molar-refractivity contribution in [1.29, 1.82) is 0 Å². The van der Waals surface area contributed by atoms with E-state index in [2.05, 4.69) is 29.5 Å². The molecular formula is C15H20N2S. The molecule has 1 aliphatic carbocycles. The minimum absolute atomic E-state index is 0.227. The topological polar surface area (TPSA) is 38.9 Å². The van der Waals surface area contributed by atoms with Crippen molar-refractivity contribution in [2.45, 2.75) is 44.4 Å². The number of aromatic nitrogens is 1. The zero-order valence-electron chi connectivity index (χ0n) is 10.9. The summed E-state index contributed by atoms with van der Waals surface area (Å²) in [5, 5.41) is 1.30. The van der Waals surface area contributed by atoms with Crippen LogP contribution in [0.15, 0.2) is 18.2 Å². The highest BCUT2D eigenvalue weighted by molar-refractivity contribution is 7.13. The Morgan fingerprint density at radius 1 is 1.28 bits per heavy atom. The van der Waals surface area contributed by atoms with Crippen LogP contribution in [0.2, 0.25) is 0 Å². The quantitative estimate of drug-likeness (QED) is 0.892. The Kier molecular flexibility index (Phi) is 3.12. The van der Waals surface area contributed by atoms with Crippen molar-refractivity contribution in [1.82, 2.24) is 4.37 Å². The monoisotopic (exact) mass is 260 g/mol. The van der Waals surface area contributed by atoms with Gasteiger partial charge in [0.2, 0.25) is 0 Å². The Bertz CT molecular complexity index is 553. The van der Waals surface area contributed by atoms with Crippen LogP contribution in [0.3, 0.4) is 0 Å². The van der Waals surface area contributed by atoms with Crippen molar-refractivity contribution in [3.05, 3.63) is 29.5 Å². The van der Waals surface area contributed by atoms with E-state index in [1.165, 1.54) is 47.8 Å². The van der Waals surface area contributed by atoms with Crippen molar-refractivity contribution in [2.75, 3.05) is 6.54 Å². The summed E-state index contributed by atoms with van der Waals surface area (Å²) in [5.74, 6) is 0. The minimum atomic E-state index is 0.227. The first-order chi connectivity index (χ1) is 8.75. The molecule has 3 rings (SSSR count). The zero-order valence-corrected chi connectivity index (χ0v) is 11.7. The predicted octanol–water partition coefficient (Wildman–Crippen LogP) is 3.77. The van der Waals surface area contributed by atoms with Crippen molar-refractivity contribution in [3.63, 3.8) is 0 Å². The fourth-order valence-electron chi connectivity index (χ4n) is 3.23. The number of nitrogens with zero attached hydrogens (tertiary/aromatic N) is 1. The van der Waals surface area contributed by atoms with Crippen LogP contribution in [-0.2, 0) is 5.41 Å². The molecule has 3 heteroatoms. The van der Waals surface area contributed by atoms with E-state index in [4.69, 9.17) is 5.73 Å². The molecule has 1 fully saturated rings. The van der Waals surface area contributed by atoms with Gasteiger partial charge >= 0.3 is 0 Å². The van der Waals surface area contributed by atoms with Gasteiger partial charge in [0.1, 0.15) is 0 Å². The number of nitrogens with two attached hydrogens (primary N) is 1. The Hall–Kier alpha value is -0.930. The molecule has 2 nitrogen and oxygen atoms in total. The van der Waals surface area contributed by atoms with E-state index in [0.717, 1.165) is 12.2 Å². The first-order valence-electron chi connectivity index (χ1n) is 6.82. The summed E-state index contributed by atoms with van der Waals surface area (Å²) in [7, 11) is 0. The molecule has 0 bridgehead atoms. The van der Waals surface area contributed by atoms with Crippen LogP contribution < -0.4 is 5.73 Å². The molecule has 0 amide bonds. The molecule has 1 aromatic heterocycles. The van der Waals surface area contributed by atoms with Gasteiger partial charge in [-0.3, -0.25) is 0 Å². The highest BCUT2D eigenvalue weighted by Gasteiger charge is 2.32. The van der Waals surface area contributed by atoms with E-state index in [1.54, 1.807) is 11.5 Å². The molecule has 0 saturated heterocycles. The van der Waals surface area contributed by atoms with Crippen molar-refractivity contribution >= 4 is 21.6 Å². The van der Waals surface area contributed by atoms with Crippen LogP contribution in [0.5, 0.6) is 0 Å². The SMILES string of the molecule is Cc1nsc2cc(C3(CN)CCCCC3)ccc12. The van der Waals surface area contributed by atoms with Gasteiger partial charge in [-0.25, -0.2) is 0 Å². The second kappa shape index (κ2) is 4.63. The summed E-state index contributed by atoms with van der Waals surface area (Å²) in [4.78, 5) is 0. The third-order valence-corrected chi connectivity index (χ3v) is 5.37.